The Labute approximate surface area is 264 Å². The average Bonchev–Trinajstić information content (AvgIpc) is 3.45. The third-order valence-electron chi connectivity index (χ3n) is 8.06. The monoisotopic (exact) mass is 595 g/mol. The third kappa shape index (κ3) is 7.60. The molecule has 6 rings (SSSR count). The molecule has 0 saturated carbocycles. The molecule has 6 aromatic rings. The zero-order valence-electron chi connectivity index (χ0n) is 25.4. The number of methoxy groups -OCH3 is 1. The van der Waals surface area contributed by atoms with Crippen LogP contribution >= 0.6 is 0 Å². The van der Waals surface area contributed by atoms with Crippen LogP contribution in [0.15, 0.2) is 134 Å². The number of hydrogen-bond donors (Lipinski definition) is 1. The number of aromatic nitrogens is 2. The summed E-state index contributed by atoms with van der Waals surface area (Å²) in [4.78, 5) is 17.8. The molecule has 2 aromatic heterocycles. The van der Waals surface area contributed by atoms with Crippen molar-refractivity contribution in [2.24, 2.45) is 0 Å². The first kappa shape index (κ1) is 29.7. The van der Waals surface area contributed by atoms with Gasteiger partial charge in [-0.25, -0.2) is 0 Å². The molecule has 0 aliphatic carbocycles. The van der Waals surface area contributed by atoms with Crippen LogP contribution in [0.3, 0.4) is 0 Å². The lowest BCUT2D eigenvalue weighted by atomic mass is 9.88. The second kappa shape index (κ2) is 14.4. The number of nitrogens with zero attached hydrogens (tertiary/aromatic N) is 2. The molecule has 0 fully saturated rings. The van der Waals surface area contributed by atoms with Gasteiger partial charge in [-0.3, -0.25) is 9.78 Å². The van der Waals surface area contributed by atoms with Gasteiger partial charge in [-0.2, -0.15) is 0 Å². The number of pyridine rings is 1. The molecule has 1 atom stereocenters. The minimum Gasteiger partial charge on any atom is -0.497 e. The molecule has 0 radical (unpaired) electrons. The summed E-state index contributed by atoms with van der Waals surface area (Å²) in [5.41, 5.74) is 6.57. The van der Waals surface area contributed by atoms with Gasteiger partial charge in [-0.1, -0.05) is 78.9 Å². The lowest BCUT2D eigenvalue weighted by molar-refractivity contribution is -0.121. The summed E-state index contributed by atoms with van der Waals surface area (Å²) >= 11 is 0. The van der Waals surface area contributed by atoms with Crippen LogP contribution in [0.2, 0.25) is 0 Å². The first-order valence-electron chi connectivity index (χ1n) is 15.3. The van der Waals surface area contributed by atoms with E-state index in [1.165, 1.54) is 5.56 Å². The Hall–Kier alpha value is -5.36. The van der Waals surface area contributed by atoms with Crippen molar-refractivity contribution in [2.45, 2.75) is 31.9 Å². The maximum atomic E-state index is 13.4. The van der Waals surface area contributed by atoms with Crippen LogP contribution in [0.5, 0.6) is 11.5 Å². The average molecular weight is 596 g/mol. The molecule has 0 spiro atoms. The van der Waals surface area contributed by atoms with Gasteiger partial charge in [0.15, 0.2) is 0 Å². The molecule has 45 heavy (non-hydrogen) atoms. The standard InChI is InChI=1S/C39H37N3O3/c1-44-33-18-14-29(15-19-33)26-42-27-37(35-12-5-6-13-38(35)42)36(25-39(43)41-24-22-32-11-7-8-23-40-32)31-16-20-34(21-17-31)45-28-30-9-3-2-4-10-30/h2-21,23,27,36H,22,24-26,28H2,1H3,(H,41,43)/t36-/m1/s1. The molecule has 226 valence electrons. The second-order valence-corrected chi connectivity index (χ2v) is 11.1. The number of ether oxygens (including phenoxy) is 2. The van der Waals surface area contributed by atoms with E-state index in [2.05, 4.69) is 81.7 Å². The minimum absolute atomic E-state index is 0.00678. The Balaban J connectivity index is 1.27. The van der Waals surface area contributed by atoms with Gasteiger partial charge in [0.25, 0.3) is 0 Å². The lowest BCUT2D eigenvalue weighted by Gasteiger charge is -2.18. The van der Waals surface area contributed by atoms with Crippen molar-refractivity contribution < 1.29 is 14.3 Å². The van der Waals surface area contributed by atoms with E-state index < -0.39 is 0 Å². The SMILES string of the molecule is COc1ccc(Cn2cc([C@H](CC(=O)NCCc3ccccn3)c3ccc(OCc4ccccc4)cc3)c3ccccc32)cc1. The molecule has 1 N–H and O–H groups in total. The van der Waals surface area contributed by atoms with Crippen LogP contribution < -0.4 is 14.8 Å². The van der Waals surface area contributed by atoms with E-state index in [0.717, 1.165) is 44.8 Å². The van der Waals surface area contributed by atoms with E-state index in [0.29, 0.717) is 32.5 Å². The smallest absolute Gasteiger partial charge is 0.220 e. The minimum atomic E-state index is -0.148. The van der Waals surface area contributed by atoms with E-state index in [4.69, 9.17) is 9.47 Å². The van der Waals surface area contributed by atoms with E-state index in [-0.39, 0.29) is 11.8 Å². The van der Waals surface area contributed by atoms with Gasteiger partial charge in [0.2, 0.25) is 5.91 Å². The predicted molar refractivity (Wildman–Crippen MR) is 179 cm³/mol. The summed E-state index contributed by atoms with van der Waals surface area (Å²) < 4.78 is 13.7. The van der Waals surface area contributed by atoms with Gasteiger partial charge >= 0.3 is 0 Å². The fourth-order valence-corrected chi connectivity index (χ4v) is 5.69. The Morgan fingerprint density at radius 1 is 0.800 bits per heavy atom. The lowest BCUT2D eigenvalue weighted by Crippen LogP contribution is -2.27. The van der Waals surface area contributed by atoms with Gasteiger partial charge in [0.1, 0.15) is 18.1 Å². The van der Waals surface area contributed by atoms with Crippen LogP contribution in [-0.2, 0) is 24.4 Å². The highest BCUT2D eigenvalue weighted by Gasteiger charge is 2.23. The van der Waals surface area contributed by atoms with E-state index in [9.17, 15) is 4.79 Å². The van der Waals surface area contributed by atoms with Crippen LogP contribution in [-0.4, -0.2) is 29.1 Å². The number of carbonyl (C=O) groups is 1. The molecule has 0 bridgehead atoms. The van der Waals surface area contributed by atoms with Crippen LogP contribution in [0, 0.1) is 0 Å². The largest absolute Gasteiger partial charge is 0.497 e. The van der Waals surface area contributed by atoms with E-state index in [1.54, 1.807) is 13.3 Å². The molecule has 6 nitrogen and oxygen atoms in total. The fourth-order valence-electron chi connectivity index (χ4n) is 5.69. The molecule has 4 aromatic carbocycles. The fraction of sp³-hybridized carbons (Fsp3) is 0.179. The molecule has 0 aliphatic heterocycles. The summed E-state index contributed by atoms with van der Waals surface area (Å²) in [5.74, 6) is 1.49. The number of rotatable bonds is 13. The van der Waals surface area contributed by atoms with Gasteiger partial charge in [-0.05, 0) is 64.7 Å². The molecule has 0 saturated heterocycles. The van der Waals surface area contributed by atoms with E-state index >= 15 is 0 Å². The second-order valence-electron chi connectivity index (χ2n) is 11.1. The number of amides is 1. The maximum Gasteiger partial charge on any atom is 0.220 e. The molecule has 6 heteroatoms. The normalized spacial score (nSPS) is 11.7. The zero-order valence-corrected chi connectivity index (χ0v) is 25.4. The molecule has 2 heterocycles. The van der Waals surface area contributed by atoms with Crippen molar-refractivity contribution in [1.82, 2.24) is 14.9 Å². The topological polar surface area (TPSA) is 65.4 Å². The van der Waals surface area contributed by atoms with Crippen molar-refractivity contribution in [2.75, 3.05) is 13.7 Å². The van der Waals surface area contributed by atoms with Gasteiger partial charge in [-0.15, -0.1) is 0 Å². The zero-order chi connectivity index (χ0) is 30.8. The number of nitrogens with one attached hydrogen (secondary N) is 1. The molecule has 1 amide bonds. The van der Waals surface area contributed by atoms with Crippen molar-refractivity contribution >= 4 is 16.8 Å². The number of benzene rings is 4. The third-order valence-corrected chi connectivity index (χ3v) is 8.06. The number of para-hydroxylation sites is 1. The molecular formula is C39H37N3O3. The summed E-state index contributed by atoms with van der Waals surface area (Å²) in [7, 11) is 1.68. The predicted octanol–water partition coefficient (Wildman–Crippen LogP) is 7.55. The van der Waals surface area contributed by atoms with Crippen molar-refractivity contribution in [3.63, 3.8) is 0 Å². The van der Waals surface area contributed by atoms with Crippen LogP contribution in [0.1, 0.15) is 40.3 Å². The summed E-state index contributed by atoms with van der Waals surface area (Å²) in [6, 6.07) is 40.7. The highest BCUT2D eigenvalue weighted by atomic mass is 16.5. The van der Waals surface area contributed by atoms with Crippen LogP contribution in [0.25, 0.3) is 10.9 Å². The van der Waals surface area contributed by atoms with Crippen molar-refractivity contribution in [3.05, 3.63) is 162 Å². The van der Waals surface area contributed by atoms with E-state index in [1.807, 2.05) is 60.7 Å². The Kier molecular flexibility index (Phi) is 9.51. The highest BCUT2D eigenvalue weighted by molar-refractivity contribution is 5.87. The van der Waals surface area contributed by atoms with Crippen molar-refractivity contribution in [1.29, 1.82) is 0 Å². The number of carbonyl (C=O) groups excluding carboxylic acids is 1. The van der Waals surface area contributed by atoms with Gasteiger partial charge in [0.05, 0.1) is 7.11 Å². The maximum absolute atomic E-state index is 13.4. The Morgan fingerprint density at radius 2 is 1.53 bits per heavy atom. The quantitative estimate of drug-likeness (QED) is 0.150. The van der Waals surface area contributed by atoms with Crippen LogP contribution in [0.4, 0.5) is 0 Å². The van der Waals surface area contributed by atoms with Gasteiger partial charge < -0.3 is 19.4 Å². The molecule has 0 unspecified atom stereocenters. The van der Waals surface area contributed by atoms with Crippen molar-refractivity contribution in [3.8, 4) is 11.5 Å². The highest BCUT2D eigenvalue weighted by Crippen LogP contribution is 2.36. The Morgan fingerprint density at radius 3 is 2.29 bits per heavy atom. The molecule has 0 aliphatic rings. The van der Waals surface area contributed by atoms with Gasteiger partial charge in [0, 0.05) is 60.8 Å². The summed E-state index contributed by atoms with van der Waals surface area (Å²) in [6.07, 6.45) is 5.00. The summed E-state index contributed by atoms with van der Waals surface area (Å²) in [6.45, 7) is 1.75. The first-order chi connectivity index (χ1) is 22.2. The Bertz CT molecular complexity index is 1820. The summed E-state index contributed by atoms with van der Waals surface area (Å²) in [5, 5.41) is 4.27. The number of fused-ring (bicyclic) bond motifs is 1. The first-order valence-corrected chi connectivity index (χ1v) is 15.3. The number of hydrogen-bond acceptors (Lipinski definition) is 4. The molecular weight excluding hydrogens is 558 g/mol.